The second-order valence-corrected chi connectivity index (χ2v) is 5.89. The summed E-state index contributed by atoms with van der Waals surface area (Å²) < 4.78 is 2.21. The van der Waals surface area contributed by atoms with Gasteiger partial charge in [0.25, 0.3) is 0 Å². The third-order valence-electron chi connectivity index (χ3n) is 4.22. The van der Waals surface area contributed by atoms with Crippen molar-refractivity contribution in [1.29, 1.82) is 0 Å². The maximum Gasteiger partial charge on any atom is 0.0775 e. The molecule has 1 aliphatic heterocycles. The molecule has 3 nitrogen and oxygen atoms in total. The number of allylic oxidation sites excluding steroid dienone is 2. The Labute approximate surface area is 109 Å². The van der Waals surface area contributed by atoms with E-state index >= 15 is 0 Å². The monoisotopic (exact) mass is 245 g/mol. The van der Waals surface area contributed by atoms with Crippen LogP contribution in [-0.4, -0.2) is 34.3 Å². The van der Waals surface area contributed by atoms with E-state index in [1.807, 2.05) is 0 Å². The number of hydrogen-bond donors (Lipinski definition) is 0. The maximum absolute atomic E-state index is 4.59. The normalized spacial score (nSPS) is 25.3. The minimum absolute atomic E-state index is 0.609. The number of rotatable bonds is 3. The van der Waals surface area contributed by atoms with Crippen molar-refractivity contribution in [2.24, 2.45) is 5.92 Å². The molecule has 0 spiro atoms. The molecule has 2 aliphatic rings. The van der Waals surface area contributed by atoms with Crippen molar-refractivity contribution in [2.45, 2.75) is 39.2 Å². The third-order valence-corrected chi connectivity index (χ3v) is 4.22. The van der Waals surface area contributed by atoms with E-state index in [-0.39, 0.29) is 0 Å². The first-order chi connectivity index (χ1) is 8.72. The van der Waals surface area contributed by atoms with Crippen molar-refractivity contribution in [3.63, 3.8) is 0 Å². The first kappa shape index (κ1) is 12.0. The highest BCUT2D eigenvalue weighted by molar-refractivity contribution is 5.09. The van der Waals surface area contributed by atoms with E-state index in [4.69, 9.17) is 0 Å². The SMILES string of the molecule is Cc1cc(C)n(C2CN(C[C@H]3CC=CCC3)C2)n1. The van der Waals surface area contributed by atoms with Gasteiger partial charge < -0.3 is 0 Å². The smallest absolute Gasteiger partial charge is 0.0775 e. The molecule has 18 heavy (non-hydrogen) atoms. The predicted octanol–water partition coefficient (Wildman–Crippen LogP) is 2.71. The number of aromatic nitrogens is 2. The van der Waals surface area contributed by atoms with Crippen LogP contribution in [0.15, 0.2) is 18.2 Å². The molecule has 1 atom stereocenters. The minimum Gasteiger partial charge on any atom is -0.299 e. The summed E-state index contributed by atoms with van der Waals surface area (Å²) in [6.07, 6.45) is 8.61. The summed E-state index contributed by atoms with van der Waals surface area (Å²) in [5, 5.41) is 4.59. The summed E-state index contributed by atoms with van der Waals surface area (Å²) in [4.78, 5) is 2.59. The van der Waals surface area contributed by atoms with E-state index in [1.54, 1.807) is 0 Å². The van der Waals surface area contributed by atoms with E-state index in [0.717, 1.165) is 11.6 Å². The molecule has 1 saturated heterocycles. The average Bonchev–Trinajstić information content (AvgIpc) is 2.64. The summed E-state index contributed by atoms with van der Waals surface area (Å²) in [6, 6.07) is 2.78. The van der Waals surface area contributed by atoms with Crippen LogP contribution in [0.4, 0.5) is 0 Å². The zero-order chi connectivity index (χ0) is 12.5. The fourth-order valence-electron chi connectivity index (χ4n) is 3.25. The van der Waals surface area contributed by atoms with E-state index in [1.165, 1.54) is 44.6 Å². The summed E-state index contributed by atoms with van der Waals surface area (Å²) >= 11 is 0. The lowest BCUT2D eigenvalue weighted by Crippen LogP contribution is -2.50. The second-order valence-electron chi connectivity index (χ2n) is 5.89. The first-order valence-corrected chi connectivity index (χ1v) is 7.12. The van der Waals surface area contributed by atoms with Crippen LogP contribution in [0, 0.1) is 19.8 Å². The topological polar surface area (TPSA) is 21.1 Å². The predicted molar refractivity (Wildman–Crippen MR) is 73.7 cm³/mol. The van der Waals surface area contributed by atoms with E-state index < -0.39 is 0 Å². The van der Waals surface area contributed by atoms with Crippen LogP contribution in [-0.2, 0) is 0 Å². The van der Waals surface area contributed by atoms with Gasteiger partial charge in [-0.1, -0.05) is 12.2 Å². The Morgan fingerprint density at radius 1 is 1.28 bits per heavy atom. The standard InChI is InChI=1S/C15H23N3/c1-12-8-13(2)18(16-12)15-10-17(11-15)9-14-6-4-3-5-7-14/h3-4,8,14-15H,5-7,9-11H2,1-2H3/t14-/m0/s1. The highest BCUT2D eigenvalue weighted by atomic mass is 15.4. The van der Waals surface area contributed by atoms with E-state index in [0.29, 0.717) is 6.04 Å². The second kappa shape index (κ2) is 4.88. The van der Waals surface area contributed by atoms with Crippen molar-refractivity contribution >= 4 is 0 Å². The van der Waals surface area contributed by atoms with Crippen molar-refractivity contribution < 1.29 is 0 Å². The van der Waals surface area contributed by atoms with Gasteiger partial charge in [-0.05, 0) is 45.1 Å². The lowest BCUT2D eigenvalue weighted by atomic mass is 9.92. The molecule has 0 saturated carbocycles. The van der Waals surface area contributed by atoms with Crippen molar-refractivity contribution in [1.82, 2.24) is 14.7 Å². The highest BCUT2D eigenvalue weighted by Gasteiger charge is 2.31. The summed E-state index contributed by atoms with van der Waals surface area (Å²) in [6.45, 7) is 7.88. The van der Waals surface area contributed by atoms with Crippen LogP contribution >= 0.6 is 0 Å². The average molecular weight is 245 g/mol. The Morgan fingerprint density at radius 3 is 2.72 bits per heavy atom. The van der Waals surface area contributed by atoms with Gasteiger partial charge in [-0.2, -0.15) is 5.10 Å². The van der Waals surface area contributed by atoms with Gasteiger partial charge in [0.05, 0.1) is 11.7 Å². The van der Waals surface area contributed by atoms with Gasteiger partial charge >= 0.3 is 0 Å². The molecular weight excluding hydrogens is 222 g/mol. The maximum atomic E-state index is 4.59. The van der Waals surface area contributed by atoms with Crippen LogP contribution in [0.1, 0.15) is 36.7 Å². The van der Waals surface area contributed by atoms with Gasteiger partial charge in [-0.15, -0.1) is 0 Å². The highest BCUT2D eigenvalue weighted by Crippen LogP contribution is 2.26. The van der Waals surface area contributed by atoms with Crippen LogP contribution in [0.5, 0.6) is 0 Å². The van der Waals surface area contributed by atoms with Crippen molar-refractivity contribution in [3.05, 3.63) is 29.6 Å². The third kappa shape index (κ3) is 2.37. The molecule has 1 fully saturated rings. The fourth-order valence-corrected chi connectivity index (χ4v) is 3.25. The summed E-state index contributed by atoms with van der Waals surface area (Å²) in [7, 11) is 0. The molecule has 0 radical (unpaired) electrons. The lowest BCUT2D eigenvalue weighted by Gasteiger charge is -2.41. The molecule has 0 aromatic carbocycles. The molecule has 98 valence electrons. The van der Waals surface area contributed by atoms with Gasteiger partial charge in [0.15, 0.2) is 0 Å². The van der Waals surface area contributed by atoms with Crippen LogP contribution < -0.4 is 0 Å². The van der Waals surface area contributed by atoms with Gasteiger partial charge in [0.2, 0.25) is 0 Å². The van der Waals surface area contributed by atoms with Gasteiger partial charge in [-0.25, -0.2) is 0 Å². The molecule has 3 rings (SSSR count). The molecule has 0 bridgehead atoms. The summed E-state index contributed by atoms with van der Waals surface area (Å²) in [5.41, 5.74) is 2.45. The molecule has 0 amide bonds. The van der Waals surface area contributed by atoms with Crippen LogP contribution in [0.2, 0.25) is 0 Å². The zero-order valence-electron chi connectivity index (χ0n) is 11.5. The Bertz CT molecular complexity index is 441. The molecule has 1 aromatic rings. The Balaban J connectivity index is 1.51. The Hall–Kier alpha value is -1.09. The van der Waals surface area contributed by atoms with Crippen molar-refractivity contribution in [2.75, 3.05) is 19.6 Å². The van der Waals surface area contributed by atoms with Gasteiger partial charge in [0, 0.05) is 25.3 Å². The molecule has 3 heteroatoms. The number of likely N-dealkylation sites (tertiary alicyclic amines) is 1. The Kier molecular flexibility index (Phi) is 3.25. The fraction of sp³-hybridized carbons (Fsp3) is 0.667. The number of hydrogen-bond acceptors (Lipinski definition) is 2. The number of nitrogens with zero attached hydrogens (tertiary/aromatic N) is 3. The van der Waals surface area contributed by atoms with Gasteiger partial charge in [-0.3, -0.25) is 9.58 Å². The zero-order valence-corrected chi connectivity index (χ0v) is 11.5. The number of aryl methyl sites for hydroxylation is 2. The van der Waals surface area contributed by atoms with Crippen molar-refractivity contribution in [3.8, 4) is 0 Å². The molecule has 0 N–H and O–H groups in total. The lowest BCUT2D eigenvalue weighted by molar-refractivity contribution is 0.0772. The van der Waals surface area contributed by atoms with E-state index in [2.05, 4.69) is 46.7 Å². The molecule has 1 aliphatic carbocycles. The van der Waals surface area contributed by atoms with Crippen LogP contribution in [0.25, 0.3) is 0 Å². The molecular formula is C15H23N3. The first-order valence-electron chi connectivity index (χ1n) is 7.12. The largest absolute Gasteiger partial charge is 0.299 e. The van der Waals surface area contributed by atoms with Crippen LogP contribution in [0.3, 0.4) is 0 Å². The quantitative estimate of drug-likeness (QED) is 0.763. The van der Waals surface area contributed by atoms with Gasteiger partial charge in [0.1, 0.15) is 0 Å². The minimum atomic E-state index is 0.609. The Morgan fingerprint density at radius 2 is 2.11 bits per heavy atom. The molecule has 1 aromatic heterocycles. The summed E-state index contributed by atoms with van der Waals surface area (Å²) in [5.74, 6) is 0.886. The molecule has 0 unspecified atom stereocenters. The van der Waals surface area contributed by atoms with E-state index in [9.17, 15) is 0 Å². The molecule has 2 heterocycles.